The van der Waals surface area contributed by atoms with Crippen LogP contribution in [0.3, 0.4) is 0 Å². The molecule has 0 saturated heterocycles. The van der Waals surface area contributed by atoms with Crippen molar-refractivity contribution >= 4 is 29.1 Å². The number of rotatable bonds is 4. The van der Waals surface area contributed by atoms with Crippen LogP contribution >= 0.6 is 23.4 Å². The predicted octanol–water partition coefficient (Wildman–Crippen LogP) is 2.96. The number of non-ortho nitro benzene ring substituents is 1. The lowest BCUT2D eigenvalue weighted by atomic mass is 10.3. The molecule has 0 spiro atoms. The molecule has 8 nitrogen and oxygen atoms in total. The molecule has 2 aromatic heterocycles. The van der Waals surface area contributed by atoms with Crippen LogP contribution in [0.25, 0.3) is 11.6 Å². The van der Waals surface area contributed by atoms with Gasteiger partial charge in [-0.1, -0.05) is 11.6 Å². The van der Waals surface area contributed by atoms with Gasteiger partial charge in [0.05, 0.1) is 16.2 Å². The lowest BCUT2D eigenvalue weighted by Gasteiger charge is -2.04. The molecular weight excluding hydrogens is 330 g/mol. The van der Waals surface area contributed by atoms with Crippen LogP contribution in [0.1, 0.15) is 0 Å². The van der Waals surface area contributed by atoms with Gasteiger partial charge >= 0.3 is 0 Å². The first kappa shape index (κ1) is 14.4. The molecule has 0 bridgehead atoms. The maximum atomic E-state index is 10.7. The van der Waals surface area contributed by atoms with E-state index in [-0.39, 0.29) is 10.7 Å². The summed E-state index contributed by atoms with van der Waals surface area (Å²) in [5.41, 5.74) is -0.0835. The fourth-order valence-electron chi connectivity index (χ4n) is 1.70. The molecule has 112 valence electrons. The quantitative estimate of drug-likeness (QED) is 0.442. The van der Waals surface area contributed by atoms with E-state index < -0.39 is 4.92 Å². The van der Waals surface area contributed by atoms with Crippen molar-refractivity contribution in [3.05, 3.63) is 51.7 Å². The molecule has 0 radical (unpaired) electrons. The molecule has 0 amide bonds. The average molecular weight is 338 g/mol. The topological polar surface area (TPSA) is 113 Å². The molecule has 0 aliphatic rings. The number of hydrogen-bond donors (Lipinski definition) is 1. The lowest BCUT2D eigenvalue weighted by Crippen LogP contribution is -2.11. The minimum atomic E-state index is -0.513. The van der Waals surface area contributed by atoms with E-state index in [1.165, 1.54) is 29.1 Å². The van der Waals surface area contributed by atoms with Crippen LogP contribution < -0.4 is 5.84 Å². The molecule has 2 heterocycles. The minimum absolute atomic E-state index is 0.0835. The molecule has 0 fully saturated rings. The number of halogens is 1. The van der Waals surface area contributed by atoms with Gasteiger partial charge in [0, 0.05) is 17.0 Å². The van der Waals surface area contributed by atoms with E-state index in [0.717, 1.165) is 11.8 Å². The molecule has 0 saturated carbocycles. The Morgan fingerprint density at radius 3 is 2.82 bits per heavy atom. The summed E-state index contributed by atoms with van der Waals surface area (Å²) in [5, 5.41) is 19.2. The fourth-order valence-corrected chi connectivity index (χ4v) is 2.75. The number of benzene rings is 1. The fraction of sp³-hybridized carbons (Fsp3) is 0. The lowest BCUT2D eigenvalue weighted by molar-refractivity contribution is -0.384. The first-order valence-electron chi connectivity index (χ1n) is 5.92. The summed E-state index contributed by atoms with van der Waals surface area (Å²) in [6, 6.07) is 7.59. The second-order valence-corrected chi connectivity index (χ2v) is 5.54. The third-order valence-corrected chi connectivity index (χ3v) is 4.20. The van der Waals surface area contributed by atoms with Crippen molar-refractivity contribution in [1.29, 1.82) is 0 Å². The second-order valence-electron chi connectivity index (χ2n) is 4.13. The van der Waals surface area contributed by atoms with Crippen molar-refractivity contribution in [3.63, 3.8) is 0 Å². The van der Waals surface area contributed by atoms with Crippen LogP contribution in [0, 0.1) is 10.1 Å². The number of nitro benzene ring substituents is 1. The number of nitro groups is 1. The Morgan fingerprint density at radius 1 is 1.36 bits per heavy atom. The zero-order valence-corrected chi connectivity index (χ0v) is 12.4. The monoisotopic (exact) mass is 337 g/mol. The Labute approximate surface area is 133 Å². The van der Waals surface area contributed by atoms with Gasteiger partial charge < -0.3 is 10.3 Å². The molecule has 1 aromatic carbocycles. The highest BCUT2D eigenvalue weighted by molar-refractivity contribution is 7.99. The van der Waals surface area contributed by atoms with Gasteiger partial charge in [0.1, 0.15) is 0 Å². The highest BCUT2D eigenvalue weighted by atomic mass is 35.5. The van der Waals surface area contributed by atoms with Crippen molar-refractivity contribution in [2.45, 2.75) is 10.1 Å². The summed E-state index contributed by atoms with van der Waals surface area (Å²) in [6.07, 6.45) is 1.50. The highest BCUT2D eigenvalue weighted by Crippen LogP contribution is 2.35. The van der Waals surface area contributed by atoms with E-state index >= 15 is 0 Å². The predicted molar refractivity (Wildman–Crippen MR) is 80.1 cm³/mol. The van der Waals surface area contributed by atoms with Crippen LogP contribution in [0.15, 0.2) is 51.1 Å². The van der Waals surface area contributed by atoms with E-state index in [2.05, 4.69) is 10.2 Å². The summed E-state index contributed by atoms with van der Waals surface area (Å²) < 4.78 is 6.48. The molecule has 3 aromatic rings. The molecule has 10 heteroatoms. The Balaban J connectivity index is 1.90. The number of nitrogen functional groups attached to an aromatic ring is 1. The van der Waals surface area contributed by atoms with Crippen LogP contribution in [0.2, 0.25) is 5.02 Å². The van der Waals surface area contributed by atoms with Gasteiger partial charge in [0.2, 0.25) is 11.0 Å². The zero-order valence-electron chi connectivity index (χ0n) is 10.8. The Hall–Kier alpha value is -2.52. The second kappa shape index (κ2) is 5.70. The summed E-state index contributed by atoms with van der Waals surface area (Å²) in [4.78, 5) is 10.8. The van der Waals surface area contributed by atoms with Crippen LogP contribution in [-0.2, 0) is 0 Å². The number of furan rings is 1. The summed E-state index contributed by atoms with van der Waals surface area (Å²) in [7, 11) is 0. The maximum Gasteiger partial charge on any atom is 0.270 e. The number of nitrogens with two attached hydrogens (primary N) is 1. The number of nitrogens with zero attached hydrogens (tertiary/aromatic N) is 4. The molecule has 0 atom stereocenters. The largest absolute Gasteiger partial charge is 0.461 e. The van der Waals surface area contributed by atoms with Crippen LogP contribution in [-0.4, -0.2) is 19.8 Å². The van der Waals surface area contributed by atoms with E-state index in [4.69, 9.17) is 21.9 Å². The van der Waals surface area contributed by atoms with Gasteiger partial charge in [-0.15, -0.1) is 10.2 Å². The SMILES string of the molecule is Nn1c(Sc2ccc([N+](=O)[O-])cc2Cl)nnc1-c1ccco1. The molecule has 0 unspecified atom stereocenters. The van der Waals surface area contributed by atoms with Crippen LogP contribution in [0.5, 0.6) is 0 Å². The first-order chi connectivity index (χ1) is 10.6. The Kier molecular flexibility index (Phi) is 3.73. The van der Waals surface area contributed by atoms with E-state index in [1.807, 2.05) is 0 Å². The summed E-state index contributed by atoms with van der Waals surface area (Å²) in [5.74, 6) is 6.78. The molecule has 0 aliphatic carbocycles. The van der Waals surface area contributed by atoms with Crippen molar-refractivity contribution in [2.24, 2.45) is 0 Å². The van der Waals surface area contributed by atoms with E-state index in [9.17, 15) is 10.1 Å². The smallest absolute Gasteiger partial charge is 0.270 e. The molecule has 0 aliphatic heterocycles. The van der Waals surface area contributed by atoms with Gasteiger partial charge in [-0.05, 0) is 30.0 Å². The van der Waals surface area contributed by atoms with E-state index in [0.29, 0.717) is 21.6 Å². The average Bonchev–Trinajstić information content (AvgIpc) is 3.11. The Bertz CT molecular complexity index is 833. The molecular formula is C12H8ClN5O3S. The van der Waals surface area contributed by atoms with Crippen molar-refractivity contribution < 1.29 is 9.34 Å². The van der Waals surface area contributed by atoms with Gasteiger partial charge in [-0.25, -0.2) is 4.68 Å². The third-order valence-electron chi connectivity index (χ3n) is 2.73. The molecule has 22 heavy (non-hydrogen) atoms. The molecule has 2 N–H and O–H groups in total. The van der Waals surface area contributed by atoms with Crippen molar-refractivity contribution in [3.8, 4) is 11.6 Å². The van der Waals surface area contributed by atoms with Gasteiger partial charge in [-0.3, -0.25) is 10.1 Å². The first-order valence-corrected chi connectivity index (χ1v) is 7.12. The highest BCUT2D eigenvalue weighted by Gasteiger charge is 2.17. The number of hydrogen-bond acceptors (Lipinski definition) is 7. The van der Waals surface area contributed by atoms with Crippen molar-refractivity contribution in [1.82, 2.24) is 14.9 Å². The van der Waals surface area contributed by atoms with Crippen LogP contribution in [0.4, 0.5) is 5.69 Å². The Morgan fingerprint density at radius 2 is 2.18 bits per heavy atom. The summed E-state index contributed by atoms with van der Waals surface area (Å²) in [6.45, 7) is 0. The van der Waals surface area contributed by atoms with E-state index in [1.54, 1.807) is 12.1 Å². The van der Waals surface area contributed by atoms with Crippen molar-refractivity contribution in [2.75, 3.05) is 5.84 Å². The minimum Gasteiger partial charge on any atom is -0.461 e. The summed E-state index contributed by atoms with van der Waals surface area (Å²) >= 11 is 7.19. The zero-order chi connectivity index (χ0) is 15.7. The maximum absolute atomic E-state index is 10.7. The third kappa shape index (κ3) is 2.63. The molecule has 3 rings (SSSR count). The van der Waals surface area contributed by atoms with Gasteiger partial charge in [-0.2, -0.15) is 0 Å². The normalized spacial score (nSPS) is 10.8. The number of aromatic nitrogens is 3. The standard InChI is InChI=1S/C12H8ClN5O3S/c13-8-6-7(18(19)20)3-4-10(8)22-12-16-15-11(17(12)14)9-2-1-5-21-9/h1-6H,14H2. The van der Waals surface area contributed by atoms with Gasteiger partial charge in [0.15, 0.2) is 5.76 Å². The van der Waals surface area contributed by atoms with Gasteiger partial charge in [0.25, 0.3) is 5.69 Å².